The van der Waals surface area contributed by atoms with Gasteiger partial charge in [-0.2, -0.15) is 5.26 Å². The van der Waals surface area contributed by atoms with Crippen LogP contribution in [0.3, 0.4) is 0 Å². The van der Waals surface area contributed by atoms with Crippen LogP contribution in [0, 0.1) is 11.3 Å². The molecule has 2 aromatic rings. The quantitative estimate of drug-likeness (QED) is 0.752. The highest BCUT2D eigenvalue weighted by molar-refractivity contribution is 9.10. The molecule has 2 rings (SSSR count). The van der Waals surface area contributed by atoms with Crippen molar-refractivity contribution in [3.63, 3.8) is 0 Å². The average Bonchev–Trinajstić information content (AvgIpc) is 2.83. The molecular weight excluding hydrogens is 355 g/mol. The molecule has 0 spiro atoms. The molecule has 18 heavy (non-hydrogen) atoms. The zero-order valence-corrected chi connectivity index (χ0v) is 12.9. The van der Waals surface area contributed by atoms with E-state index in [1.54, 1.807) is 0 Å². The predicted octanol–water partition coefficient (Wildman–Crippen LogP) is 5.30. The van der Waals surface area contributed by atoms with E-state index >= 15 is 0 Å². The minimum Gasteiger partial charge on any atom is -0.379 e. The smallest absolute Gasteiger partial charge is 0.100 e. The van der Waals surface area contributed by atoms with Crippen LogP contribution in [0.2, 0.25) is 10.0 Å². The molecule has 0 bridgehead atoms. The van der Waals surface area contributed by atoms with Gasteiger partial charge in [-0.3, -0.25) is 0 Å². The second-order valence-corrected chi connectivity index (χ2v) is 6.10. The monoisotopic (exact) mass is 360 g/mol. The van der Waals surface area contributed by atoms with Gasteiger partial charge in [0.1, 0.15) is 6.07 Å². The summed E-state index contributed by atoms with van der Waals surface area (Å²) >= 11 is 17.0. The highest BCUT2D eigenvalue weighted by Gasteiger charge is 2.08. The summed E-state index contributed by atoms with van der Waals surface area (Å²) in [5, 5.41) is 14.7. The van der Waals surface area contributed by atoms with E-state index in [0.29, 0.717) is 22.2 Å². The normalized spacial score (nSPS) is 10.1. The highest BCUT2D eigenvalue weighted by atomic mass is 79.9. The van der Waals surface area contributed by atoms with E-state index in [1.165, 1.54) is 11.3 Å². The van der Waals surface area contributed by atoms with Gasteiger partial charge in [0.25, 0.3) is 0 Å². The van der Waals surface area contributed by atoms with Gasteiger partial charge in [0.15, 0.2) is 0 Å². The first-order valence-electron chi connectivity index (χ1n) is 4.96. The number of hydrogen-bond acceptors (Lipinski definition) is 3. The second-order valence-electron chi connectivity index (χ2n) is 3.49. The molecule has 0 radical (unpaired) electrons. The van der Waals surface area contributed by atoms with Gasteiger partial charge in [0.2, 0.25) is 0 Å². The number of anilines is 1. The Labute approximate surface area is 127 Å². The molecule has 0 unspecified atom stereocenters. The van der Waals surface area contributed by atoms with E-state index < -0.39 is 0 Å². The third kappa shape index (κ3) is 2.99. The topological polar surface area (TPSA) is 35.8 Å². The van der Waals surface area contributed by atoms with Gasteiger partial charge in [-0.05, 0) is 34.1 Å². The van der Waals surface area contributed by atoms with Crippen LogP contribution in [-0.2, 0) is 6.54 Å². The summed E-state index contributed by atoms with van der Waals surface area (Å²) in [6, 6.07) is 7.65. The Kier molecular flexibility index (Phi) is 4.52. The molecule has 92 valence electrons. The second kappa shape index (κ2) is 5.94. The van der Waals surface area contributed by atoms with Gasteiger partial charge < -0.3 is 5.32 Å². The van der Waals surface area contributed by atoms with Crippen molar-refractivity contribution < 1.29 is 0 Å². The lowest BCUT2D eigenvalue weighted by Gasteiger charge is -2.09. The lowest BCUT2D eigenvalue weighted by molar-refractivity contribution is 1.19. The largest absolute Gasteiger partial charge is 0.379 e. The summed E-state index contributed by atoms with van der Waals surface area (Å²) in [6.07, 6.45) is 0. The molecule has 1 aromatic carbocycles. The van der Waals surface area contributed by atoms with Crippen molar-refractivity contribution >= 4 is 56.2 Å². The molecular formula is C12H7BrCl2N2S. The van der Waals surface area contributed by atoms with E-state index in [2.05, 4.69) is 27.3 Å². The van der Waals surface area contributed by atoms with Crippen LogP contribution in [0.1, 0.15) is 10.4 Å². The van der Waals surface area contributed by atoms with Gasteiger partial charge in [0, 0.05) is 21.3 Å². The number of thiophene rings is 1. The number of rotatable bonds is 3. The van der Waals surface area contributed by atoms with Gasteiger partial charge in [-0.25, -0.2) is 0 Å². The fourth-order valence-corrected chi connectivity index (χ4v) is 2.97. The minimum absolute atomic E-state index is 0.489. The Hall–Kier alpha value is -0.730. The summed E-state index contributed by atoms with van der Waals surface area (Å²) in [5.41, 5.74) is 1.45. The van der Waals surface area contributed by atoms with Crippen LogP contribution in [-0.4, -0.2) is 0 Å². The Bertz CT molecular complexity index is 619. The highest BCUT2D eigenvalue weighted by Crippen LogP contribution is 2.36. The van der Waals surface area contributed by atoms with E-state index in [0.717, 1.165) is 15.0 Å². The molecule has 0 aliphatic heterocycles. The minimum atomic E-state index is 0.489. The molecule has 0 aliphatic rings. The van der Waals surface area contributed by atoms with Crippen LogP contribution in [0.5, 0.6) is 0 Å². The molecule has 1 heterocycles. The van der Waals surface area contributed by atoms with E-state index in [4.69, 9.17) is 28.5 Å². The van der Waals surface area contributed by atoms with Crippen molar-refractivity contribution in [3.05, 3.63) is 48.5 Å². The zero-order chi connectivity index (χ0) is 13.1. The Morgan fingerprint density at radius 1 is 1.33 bits per heavy atom. The number of halogens is 3. The lowest BCUT2D eigenvalue weighted by Crippen LogP contribution is -1.98. The molecule has 0 aliphatic carbocycles. The summed E-state index contributed by atoms with van der Waals surface area (Å²) in [4.78, 5) is 1.07. The fraction of sp³-hybridized carbons (Fsp3) is 0.0833. The molecule has 0 saturated carbocycles. The van der Waals surface area contributed by atoms with Crippen LogP contribution in [0.25, 0.3) is 0 Å². The average molecular weight is 362 g/mol. The Morgan fingerprint density at radius 3 is 2.78 bits per heavy atom. The van der Waals surface area contributed by atoms with Crippen molar-refractivity contribution in [3.8, 4) is 6.07 Å². The van der Waals surface area contributed by atoms with Crippen LogP contribution >= 0.6 is 50.5 Å². The third-order valence-electron chi connectivity index (χ3n) is 2.27. The summed E-state index contributed by atoms with van der Waals surface area (Å²) < 4.78 is 0.766. The number of hydrogen-bond donors (Lipinski definition) is 1. The molecule has 6 heteroatoms. The Morgan fingerprint density at radius 2 is 2.11 bits per heavy atom. The first-order valence-corrected chi connectivity index (χ1v) is 7.39. The number of nitrogens with one attached hydrogen (secondary N) is 1. The number of nitrogens with zero attached hydrogens (tertiary/aromatic N) is 1. The van der Waals surface area contributed by atoms with Crippen molar-refractivity contribution in [2.24, 2.45) is 0 Å². The zero-order valence-electron chi connectivity index (χ0n) is 9.01. The Balaban J connectivity index is 2.11. The molecule has 1 aromatic heterocycles. The van der Waals surface area contributed by atoms with Gasteiger partial charge >= 0.3 is 0 Å². The van der Waals surface area contributed by atoms with Crippen molar-refractivity contribution in [1.82, 2.24) is 0 Å². The maximum atomic E-state index is 8.74. The van der Waals surface area contributed by atoms with E-state index in [-0.39, 0.29) is 0 Å². The summed E-state index contributed by atoms with van der Waals surface area (Å²) in [6.45, 7) is 0.615. The standard InChI is InChI=1S/C12H7BrCl2N2S/c13-9-1-2-10(12(15)11(9)14)17-5-8-3-7(4-16)6-18-8/h1-3,6,17H,5H2. The predicted molar refractivity (Wildman–Crippen MR) is 80.5 cm³/mol. The van der Waals surface area contributed by atoms with Crippen molar-refractivity contribution in [2.75, 3.05) is 5.32 Å². The molecule has 0 fully saturated rings. The summed E-state index contributed by atoms with van der Waals surface area (Å²) in [5.74, 6) is 0. The first-order chi connectivity index (χ1) is 8.61. The van der Waals surface area contributed by atoms with Gasteiger partial charge in [-0.15, -0.1) is 11.3 Å². The fourth-order valence-electron chi connectivity index (χ4n) is 1.38. The van der Waals surface area contributed by atoms with E-state index in [9.17, 15) is 0 Å². The SMILES string of the molecule is N#Cc1csc(CNc2ccc(Br)c(Cl)c2Cl)c1. The molecule has 2 nitrogen and oxygen atoms in total. The van der Waals surface area contributed by atoms with Crippen LogP contribution in [0.4, 0.5) is 5.69 Å². The molecule has 0 amide bonds. The number of nitriles is 1. The molecule has 1 N–H and O–H groups in total. The number of benzene rings is 1. The first kappa shape index (κ1) is 13.7. The van der Waals surface area contributed by atoms with E-state index in [1.807, 2.05) is 23.6 Å². The maximum absolute atomic E-state index is 8.74. The van der Waals surface area contributed by atoms with Gasteiger partial charge in [0.05, 0.1) is 21.3 Å². The van der Waals surface area contributed by atoms with Crippen molar-refractivity contribution in [1.29, 1.82) is 5.26 Å². The van der Waals surface area contributed by atoms with Crippen molar-refractivity contribution in [2.45, 2.75) is 6.54 Å². The lowest BCUT2D eigenvalue weighted by atomic mass is 10.3. The third-order valence-corrected chi connectivity index (χ3v) is 4.98. The van der Waals surface area contributed by atoms with Gasteiger partial charge in [-0.1, -0.05) is 23.2 Å². The molecule has 0 atom stereocenters. The van der Waals surface area contributed by atoms with Crippen LogP contribution < -0.4 is 5.32 Å². The molecule has 0 saturated heterocycles. The summed E-state index contributed by atoms with van der Waals surface area (Å²) in [7, 11) is 0. The van der Waals surface area contributed by atoms with Crippen LogP contribution in [0.15, 0.2) is 28.1 Å². The maximum Gasteiger partial charge on any atom is 0.100 e.